The van der Waals surface area contributed by atoms with Gasteiger partial charge >= 0.3 is 0 Å². The number of amides is 1. The Balaban J connectivity index is 1.61. The number of carbonyl (C=O) groups is 1. The van der Waals surface area contributed by atoms with Gasteiger partial charge in [-0.3, -0.25) is 4.79 Å². The summed E-state index contributed by atoms with van der Waals surface area (Å²) < 4.78 is 5.66. The van der Waals surface area contributed by atoms with E-state index in [1.54, 1.807) is 0 Å². The van der Waals surface area contributed by atoms with Gasteiger partial charge in [-0.05, 0) is 36.6 Å². The standard InChI is InChI=1S/C19H19N3O2S/c1-3-14-9-5-7-11-16(14)20-17(23)12-25-19-22-21-18(24-19)15-10-6-4-8-13(15)2/h4-11H,3,12H2,1-2H3,(H,20,23). The minimum atomic E-state index is -0.0958. The molecule has 0 aliphatic heterocycles. The molecule has 0 saturated heterocycles. The summed E-state index contributed by atoms with van der Waals surface area (Å²) in [6, 6.07) is 15.6. The number of thioether (sulfide) groups is 1. The van der Waals surface area contributed by atoms with E-state index in [-0.39, 0.29) is 11.7 Å². The molecule has 3 aromatic rings. The van der Waals surface area contributed by atoms with E-state index in [1.165, 1.54) is 11.8 Å². The number of benzene rings is 2. The molecule has 0 unspecified atom stereocenters. The third-order valence-electron chi connectivity index (χ3n) is 3.78. The van der Waals surface area contributed by atoms with E-state index in [9.17, 15) is 4.79 Å². The number of para-hydroxylation sites is 1. The van der Waals surface area contributed by atoms with E-state index in [0.717, 1.165) is 28.8 Å². The first-order valence-electron chi connectivity index (χ1n) is 8.07. The van der Waals surface area contributed by atoms with Gasteiger partial charge in [0.1, 0.15) is 0 Å². The summed E-state index contributed by atoms with van der Waals surface area (Å²) in [5, 5.41) is 11.4. The maximum Gasteiger partial charge on any atom is 0.277 e. The molecule has 1 aromatic heterocycles. The summed E-state index contributed by atoms with van der Waals surface area (Å²) in [6.07, 6.45) is 0.868. The van der Waals surface area contributed by atoms with Crippen molar-refractivity contribution in [2.75, 3.05) is 11.1 Å². The highest BCUT2D eigenvalue weighted by molar-refractivity contribution is 7.99. The van der Waals surface area contributed by atoms with Gasteiger partial charge in [0, 0.05) is 11.3 Å². The molecule has 0 radical (unpaired) electrons. The summed E-state index contributed by atoms with van der Waals surface area (Å²) in [5.41, 5.74) is 3.93. The number of anilines is 1. The Bertz CT molecular complexity index is 876. The Labute approximate surface area is 150 Å². The summed E-state index contributed by atoms with van der Waals surface area (Å²) in [4.78, 5) is 12.2. The van der Waals surface area contributed by atoms with Crippen LogP contribution in [0.2, 0.25) is 0 Å². The first-order valence-corrected chi connectivity index (χ1v) is 9.06. The van der Waals surface area contributed by atoms with Gasteiger partial charge in [0.05, 0.1) is 5.75 Å². The molecule has 2 aromatic carbocycles. The van der Waals surface area contributed by atoms with Gasteiger partial charge in [-0.2, -0.15) is 0 Å². The summed E-state index contributed by atoms with van der Waals surface area (Å²) >= 11 is 1.23. The van der Waals surface area contributed by atoms with Crippen LogP contribution >= 0.6 is 11.8 Å². The van der Waals surface area contributed by atoms with E-state index < -0.39 is 0 Å². The molecule has 0 fully saturated rings. The summed E-state index contributed by atoms with van der Waals surface area (Å²) in [7, 11) is 0. The van der Waals surface area contributed by atoms with Crippen LogP contribution in [-0.2, 0) is 11.2 Å². The molecule has 0 bridgehead atoms. The van der Waals surface area contributed by atoms with Gasteiger partial charge in [-0.15, -0.1) is 10.2 Å². The van der Waals surface area contributed by atoms with Gasteiger partial charge in [-0.1, -0.05) is 55.1 Å². The fraction of sp³-hybridized carbons (Fsp3) is 0.211. The largest absolute Gasteiger partial charge is 0.411 e. The minimum absolute atomic E-state index is 0.0958. The molecule has 0 aliphatic carbocycles. The molecule has 1 amide bonds. The maximum atomic E-state index is 12.2. The number of aromatic nitrogens is 2. The van der Waals surface area contributed by atoms with Gasteiger partial charge in [0.25, 0.3) is 5.22 Å². The Morgan fingerprint density at radius 1 is 1.12 bits per heavy atom. The second kappa shape index (κ2) is 7.98. The lowest BCUT2D eigenvalue weighted by Gasteiger charge is -2.08. The predicted octanol–water partition coefficient (Wildman–Crippen LogP) is 4.34. The van der Waals surface area contributed by atoms with Gasteiger partial charge in [0.2, 0.25) is 11.8 Å². The van der Waals surface area contributed by atoms with Crippen LogP contribution < -0.4 is 5.32 Å². The molecule has 128 valence electrons. The number of carbonyl (C=O) groups excluding carboxylic acids is 1. The SMILES string of the molecule is CCc1ccccc1NC(=O)CSc1nnc(-c2ccccc2C)o1. The number of nitrogens with zero attached hydrogens (tertiary/aromatic N) is 2. The molecule has 1 heterocycles. The normalized spacial score (nSPS) is 10.6. The highest BCUT2D eigenvalue weighted by Gasteiger charge is 2.13. The predicted molar refractivity (Wildman–Crippen MR) is 99.6 cm³/mol. The number of hydrogen-bond acceptors (Lipinski definition) is 5. The second-order valence-electron chi connectivity index (χ2n) is 5.54. The van der Waals surface area contributed by atoms with Crippen molar-refractivity contribution in [3.63, 3.8) is 0 Å². The van der Waals surface area contributed by atoms with Crippen LogP contribution in [-0.4, -0.2) is 21.9 Å². The molecule has 5 nitrogen and oxygen atoms in total. The van der Waals surface area contributed by atoms with Crippen molar-refractivity contribution in [3.8, 4) is 11.5 Å². The topological polar surface area (TPSA) is 68.0 Å². The lowest BCUT2D eigenvalue weighted by Crippen LogP contribution is -2.15. The average Bonchev–Trinajstić information content (AvgIpc) is 3.09. The Morgan fingerprint density at radius 3 is 2.68 bits per heavy atom. The zero-order valence-corrected chi connectivity index (χ0v) is 15.0. The molecular formula is C19H19N3O2S. The van der Waals surface area contributed by atoms with Crippen LogP contribution in [0.25, 0.3) is 11.5 Å². The Morgan fingerprint density at radius 2 is 1.88 bits per heavy atom. The van der Waals surface area contributed by atoms with Crippen molar-refractivity contribution in [2.45, 2.75) is 25.5 Å². The second-order valence-corrected chi connectivity index (χ2v) is 6.46. The summed E-state index contributed by atoms with van der Waals surface area (Å²) in [6.45, 7) is 4.05. The van der Waals surface area contributed by atoms with Crippen LogP contribution in [0.5, 0.6) is 0 Å². The van der Waals surface area contributed by atoms with Crippen LogP contribution in [0, 0.1) is 6.92 Å². The number of aryl methyl sites for hydroxylation is 2. The fourth-order valence-electron chi connectivity index (χ4n) is 2.45. The smallest absolute Gasteiger partial charge is 0.277 e. The molecule has 0 spiro atoms. The van der Waals surface area contributed by atoms with E-state index in [2.05, 4.69) is 22.4 Å². The van der Waals surface area contributed by atoms with E-state index in [4.69, 9.17) is 4.42 Å². The first-order chi connectivity index (χ1) is 12.2. The third-order valence-corrected chi connectivity index (χ3v) is 4.60. The maximum absolute atomic E-state index is 12.2. The third kappa shape index (κ3) is 4.28. The number of rotatable bonds is 6. The minimum Gasteiger partial charge on any atom is -0.411 e. The molecule has 0 saturated carbocycles. The molecule has 6 heteroatoms. The van der Waals surface area contributed by atoms with Crippen LogP contribution in [0.3, 0.4) is 0 Å². The van der Waals surface area contributed by atoms with Crippen molar-refractivity contribution in [1.29, 1.82) is 0 Å². The van der Waals surface area contributed by atoms with Crippen LogP contribution in [0.1, 0.15) is 18.1 Å². The molecule has 0 aliphatic rings. The van der Waals surface area contributed by atoms with E-state index in [1.807, 2.05) is 55.5 Å². The van der Waals surface area contributed by atoms with Crippen molar-refractivity contribution in [3.05, 3.63) is 59.7 Å². The van der Waals surface area contributed by atoms with Crippen LogP contribution in [0.15, 0.2) is 58.2 Å². The van der Waals surface area contributed by atoms with Gasteiger partial charge < -0.3 is 9.73 Å². The van der Waals surface area contributed by atoms with Crippen molar-refractivity contribution in [1.82, 2.24) is 10.2 Å². The zero-order valence-electron chi connectivity index (χ0n) is 14.2. The zero-order chi connectivity index (χ0) is 17.6. The lowest BCUT2D eigenvalue weighted by molar-refractivity contribution is -0.113. The molecular weight excluding hydrogens is 334 g/mol. The van der Waals surface area contributed by atoms with E-state index >= 15 is 0 Å². The van der Waals surface area contributed by atoms with Gasteiger partial charge in [-0.25, -0.2) is 0 Å². The summed E-state index contributed by atoms with van der Waals surface area (Å²) in [5.74, 6) is 0.590. The lowest BCUT2D eigenvalue weighted by atomic mass is 10.1. The average molecular weight is 353 g/mol. The number of hydrogen-bond donors (Lipinski definition) is 1. The van der Waals surface area contributed by atoms with Crippen LogP contribution in [0.4, 0.5) is 5.69 Å². The highest BCUT2D eigenvalue weighted by atomic mass is 32.2. The molecule has 0 atom stereocenters. The molecule has 3 rings (SSSR count). The number of nitrogens with one attached hydrogen (secondary N) is 1. The van der Waals surface area contributed by atoms with Crippen molar-refractivity contribution in [2.24, 2.45) is 0 Å². The first kappa shape index (κ1) is 17.2. The molecule has 1 N–H and O–H groups in total. The Kier molecular flexibility index (Phi) is 5.50. The van der Waals surface area contributed by atoms with Gasteiger partial charge in [0.15, 0.2) is 0 Å². The quantitative estimate of drug-likeness (QED) is 0.668. The van der Waals surface area contributed by atoms with Crippen molar-refractivity contribution >= 4 is 23.4 Å². The fourth-order valence-corrected chi connectivity index (χ4v) is 3.02. The van der Waals surface area contributed by atoms with E-state index in [0.29, 0.717) is 11.1 Å². The highest BCUT2D eigenvalue weighted by Crippen LogP contribution is 2.25. The Hall–Kier alpha value is -2.60. The van der Waals surface area contributed by atoms with Crippen molar-refractivity contribution < 1.29 is 9.21 Å². The monoisotopic (exact) mass is 353 g/mol. The molecule has 25 heavy (non-hydrogen) atoms.